The molecule has 1 aliphatic rings. The minimum absolute atomic E-state index is 0.0675. The molecule has 1 fully saturated rings. The van der Waals surface area contributed by atoms with Crippen molar-refractivity contribution in [2.45, 2.75) is 51.1 Å². The van der Waals surface area contributed by atoms with E-state index in [4.69, 9.17) is 10.5 Å². The lowest BCUT2D eigenvalue weighted by molar-refractivity contribution is 0.110. The van der Waals surface area contributed by atoms with Gasteiger partial charge < -0.3 is 10.5 Å². The normalized spacial score (nSPS) is 20.4. The van der Waals surface area contributed by atoms with Crippen molar-refractivity contribution in [3.8, 4) is 0 Å². The highest BCUT2D eigenvalue weighted by Gasteiger charge is 2.31. The first-order valence-electron chi connectivity index (χ1n) is 6.09. The maximum Gasteiger partial charge on any atom is 0.0589 e. The molecule has 15 heavy (non-hydrogen) atoms. The molecule has 0 heterocycles. The molecule has 1 rings (SSSR count). The Labute approximate surface area is 94.0 Å². The first-order valence-corrected chi connectivity index (χ1v) is 6.09. The maximum absolute atomic E-state index is 6.39. The van der Waals surface area contributed by atoms with Crippen LogP contribution in [0.5, 0.6) is 0 Å². The van der Waals surface area contributed by atoms with Crippen LogP contribution in [0.1, 0.15) is 39.5 Å². The van der Waals surface area contributed by atoms with E-state index >= 15 is 0 Å². The lowest BCUT2D eigenvalue weighted by Gasteiger charge is -2.34. The zero-order valence-electron chi connectivity index (χ0n) is 10.5. The molecule has 2 N–H and O–H groups in total. The molecule has 0 unspecified atom stereocenters. The van der Waals surface area contributed by atoms with E-state index in [2.05, 4.69) is 18.7 Å². The number of methoxy groups -OCH3 is 1. The topological polar surface area (TPSA) is 38.5 Å². The quantitative estimate of drug-likeness (QED) is 0.730. The minimum atomic E-state index is 0.0675. The monoisotopic (exact) mass is 214 g/mol. The van der Waals surface area contributed by atoms with Gasteiger partial charge in [0.05, 0.1) is 6.61 Å². The molecule has 0 aliphatic heterocycles. The van der Waals surface area contributed by atoms with Crippen molar-refractivity contribution in [1.29, 1.82) is 0 Å². The second-order valence-corrected chi connectivity index (χ2v) is 5.13. The molecular weight excluding hydrogens is 188 g/mol. The predicted octanol–water partition coefficient (Wildman–Crippen LogP) is 1.61. The molecule has 0 atom stereocenters. The summed E-state index contributed by atoms with van der Waals surface area (Å²) in [5, 5.41) is 0. The number of hydrogen-bond donors (Lipinski definition) is 1. The summed E-state index contributed by atoms with van der Waals surface area (Å²) in [5.74, 6) is 0. The molecule has 1 aliphatic carbocycles. The third-order valence-corrected chi connectivity index (χ3v) is 3.43. The molecule has 3 nitrogen and oxygen atoms in total. The van der Waals surface area contributed by atoms with E-state index in [9.17, 15) is 0 Å². The standard InChI is InChI=1S/C12H26N2O/c1-11(2)14(8-9-15-3)10-12(13)6-4-5-7-12/h11H,4-10,13H2,1-3H3. The summed E-state index contributed by atoms with van der Waals surface area (Å²) in [6, 6.07) is 0.557. The van der Waals surface area contributed by atoms with Gasteiger partial charge >= 0.3 is 0 Å². The third-order valence-electron chi connectivity index (χ3n) is 3.43. The Bertz CT molecular complexity index is 176. The fourth-order valence-electron chi connectivity index (χ4n) is 2.37. The first kappa shape index (κ1) is 12.9. The van der Waals surface area contributed by atoms with Gasteiger partial charge in [-0.15, -0.1) is 0 Å². The van der Waals surface area contributed by atoms with Crippen LogP contribution in [-0.2, 0) is 4.74 Å². The van der Waals surface area contributed by atoms with Gasteiger partial charge in [0, 0.05) is 31.8 Å². The van der Waals surface area contributed by atoms with E-state index < -0.39 is 0 Å². The van der Waals surface area contributed by atoms with Gasteiger partial charge in [-0.05, 0) is 26.7 Å². The Kier molecular flexibility index (Phi) is 5.03. The van der Waals surface area contributed by atoms with Gasteiger partial charge in [-0.1, -0.05) is 12.8 Å². The first-order chi connectivity index (χ1) is 7.07. The van der Waals surface area contributed by atoms with Crippen LogP contribution in [0.4, 0.5) is 0 Å². The van der Waals surface area contributed by atoms with Crippen LogP contribution in [0.3, 0.4) is 0 Å². The van der Waals surface area contributed by atoms with Crippen molar-refractivity contribution in [2.75, 3.05) is 26.8 Å². The molecule has 0 spiro atoms. The zero-order chi connectivity index (χ0) is 11.3. The summed E-state index contributed by atoms with van der Waals surface area (Å²) in [6.07, 6.45) is 4.96. The van der Waals surface area contributed by atoms with Gasteiger partial charge in [-0.25, -0.2) is 0 Å². The predicted molar refractivity (Wildman–Crippen MR) is 64.0 cm³/mol. The average Bonchev–Trinajstić information content (AvgIpc) is 2.59. The summed E-state index contributed by atoms with van der Waals surface area (Å²) in [7, 11) is 1.76. The smallest absolute Gasteiger partial charge is 0.0589 e. The van der Waals surface area contributed by atoms with Gasteiger partial charge in [-0.3, -0.25) is 4.90 Å². The summed E-state index contributed by atoms with van der Waals surface area (Å²) >= 11 is 0. The number of nitrogens with two attached hydrogens (primary N) is 1. The molecule has 0 aromatic carbocycles. The zero-order valence-corrected chi connectivity index (χ0v) is 10.5. The minimum Gasteiger partial charge on any atom is -0.383 e. The highest BCUT2D eigenvalue weighted by Crippen LogP contribution is 2.28. The van der Waals surface area contributed by atoms with Crippen molar-refractivity contribution in [3.05, 3.63) is 0 Å². The van der Waals surface area contributed by atoms with Crippen LogP contribution >= 0.6 is 0 Å². The second-order valence-electron chi connectivity index (χ2n) is 5.13. The van der Waals surface area contributed by atoms with Gasteiger partial charge in [0.15, 0.2) is 0 Å². The van der Waals surface area contributed by atoms with Crippen LogP contribution in [0.25, 0.3) is 0 Å². The van der Waals surface area contributed by atoms with Crippen LogP contribution in [0.2, 0.25) is 0 Å². The second kappa shape index (κ2) is 5.83. The highest BCUT2D eigenvalue weighted by molar-refractivity contribution is 4.92. The molecule has 0 bridgehead atoms. The summed E-state index contributed by atoms with van der Waals surface area (Å²) in [4.78, 5) is 2.44. The highest BCUT2D eigenvalue weighted by atomic mass is 16.5. The Morgan fingerprint density at radius 2 is 1.93 bits per heavy atom. The molecule has 0 radical (unpaired) electrons. The summed E-state index contributed by atoms with van der Waals surface area (Å²) in [6.45, 7) is 7.28. The fraction of sp³-hybridized carbons (Fsp3) is 1.00. The molecule has 90 valence electrons. The van der Waals surface area contributed by atoms with Crippen LogP contribution in [0.15, 0.2) is 0 Å². The van der Waals surface area contributed by atoms with E-state index in [1.54, 1.807) is 7.11 Å². The largest absolute Gasteiger partial charge is 0.383 e. The van der Waals surface area contributed by atoms with Crippen LogP contribution < -0.4 is 5.73 Å². The Morgan fingerprint density at radius 3 is 2.40 bits per heavy atom. The number of hydrogen-bond acceptors (Lipinski definition) is 3. The van der Waals surface area contributed by atoms with Crippen molar-refractivity contribution in [1.82, 2.24) is 4.90 Å². The lowest BCUT2D eigenvalue weighted by atomic mass is 9.98. The number of nitrogens with zero attached hydrogens (tertiary/aromatic N) is 1. The Hall–Kier alpha value is -0.120. The van der Waals surface area contributed by atoms with Crippen molar-refractivity contribution >= 4 is 0 Å². The van der Waals surface area contributed by atoms with E-state index in [-0.39, 0.29) is 5.54 Å². The number of rotatable bonds is 6. The van der Waals surface area contributed by atoms with Crippen LogP contribution in [-0.4, -0.2) is 43.3 Å². The molecule has 3 heteroatoms. The fourth-order valence-corrected chi connectivity index (χ4v) is 2.37. The molecular formula is C12H26N2O. The molecule has 0 saturated heterocycles. The van der Waals surface area contributed by atoms with Gasteiger partial charge in [0.2, 0.25) is 0 Å². The number of ether oxygens (including phenoxy) is 1. The van der Waals surface area contributed by atoms with Gasteiger partial charge in [0.25, 0.3) is 0 Å². The lowest BCUT2D eigenvalue weighted by Crippen LogP contribution is -2.50. The Morgan fingerprint density at radius 1 is 1.33 bits per heavy atom. The third kappa shape index (κ3) is 4.09. The van der Waals surface area contributed by atoms with E-state index in [0.29, 0.717) is 6.04 Å². The van der Waals surface area contributed by atoms with Crippen molar-refractivity contribution < 1.29 is 4.74 Å². The van der Waals surface area contributed by atoms with E-state index in [1.165, 1.54) is 25.7 Å². The summed E-state index contributed by atoms with van der Waals surface area (Å²) < 4.78 is 5.14. The van der Waals surface area contributed by atoms with E-state index in [0.717, 1.165) is 19.7 Å². The van der Waals surface area contributed by atoms with E-state index in [1.807, 2.05) is 0 Å². The SMILES string of the molecule is COCCN(CC1(N)CCCC1)C(C)C. The summed E-state index contributed by atoms with van der Waals surface area (Å²) in [5.41, 5.74) is 6.45. The average molecular weight is 214 g/mol. The van der Waals surface area contributed by atoms with Crippen molar-refractivity contribution in [2.24, 2.45) is 5.73 Å². The molecule has 1 saturated carbocycles. The van der Waals surface area contributed by atoms with Crippen LogP contribution in [0, 0.1) is 0 Å². The van der Waals surface area contributed by atoms with Gasteiger partial charge in [0.1, 0.15) is 0 Å². The molecule has 0 aromatic heterocycles. The molecule has 0 aromatic rings. The molecule has 0 amide bonds. The van der Waals surface area contributed by atoms with Crippen molar-refractivity contribution in [3.63, 3.8) is 0 Å². The Balaban J connectivity index is 2.42. The van der Waals surface area contributed by atoms with Gasteiger partial charge in [-0.2, -0.15) is 0 Å². The maximum atomic E-state index is 6.39.